The van der Waals surface area contributed by atoms with Gasteiger partial charge in [-0.15, -0.1) is 0 Å². The Bertz CT molecular complexity index is 426. The van der Waals surface area contributed by atoms with Gasteiger partial charge < -0.3 is 10.5 Å². The van der Waals surface area contributed by atoms with Gasteiger partial charge in [-0.1, -0.05) is 11.6 Å². The van der Waals surface area contributed by atoms with Gasteiger partial charge in [0.2, 0.25) is 0 Å². The fourth-order valence-corrected chi connectivity index (χ4v) is 2.21. The Morgan fingerprint density at radius 1 is 1.41 bits per heavy atom. The van der Waals surface area contributed by atoms with E-state index in [2.05, 4.69) is 17.9 Å². The molecule has 0 aliphatic carbocycles. The first-order valence-electron chi connectivity index (χ1n) is 5.99. The van der Waals surface area contributed by atoms with Crippen LogP contribution in [0.4, 0.5) is 5.69 Å². The fourth-order valence-electron chi connectivity index (χ4n) is 2.21. The van der Waals surface area contributed by atoms with E-state index in [9.17, 15) is 0 Å². The molecule has 1 aliphatic heterocycles. The third-order valence-electron chi connectivity index (χ3n) is 3.16. The maximum absolute atomic E-state index is 6.00. The van der Waals surface area contributed by atoms with Crippen LogP contribution in [0.2, 0.25) is 0 Å². The summed E-state index contributed by atoms with van der Waals surface area (Å²) in [6, 6.07) is 5.85. The van der Waals surface area contributed by atoms with Crippen molar-refractivity contribution in [1.29, 1.82) is 0 Å². The number of nitrogen functional groups attached to an aromatic ring is 1. The Hall–Kier alpha value is -1.48. The maximum Gasteiger partial charge on any atom is 0.119 e. The summed E-state index contributed by atoms with van der Waals surface area (Å²) >= 11 is 0. The molecule has 0 aromatic heterocycles. The molecule has 17 heavy (non-hydrogen) atoms. The highest BCUT2D eigenvalue weighted by Crippen LogP contribution is 2.22. The average Bonchev–Trinajstić information content (AvgIpc) is 2.32. The Labute approximate surface area is 103 Å². The second kappa shape index (κ2) is 5.23. The second-order valence-corrected chi connectivity index (χ2v) is 4.61. The number of ether oxygens (including phenoxy) is 1. The first-order chi connectivity index (χ1) is 8.19. The molecular weight excluding hydrogens is 212 g/mol. The lowest BCUT2D eigenvalue weighted by Gasteiger charge is -2.26. The molecule has 3 nitrogen and oxygen atoms in total. The van der Waals surface area contributed by atoms with Crippen molar-refractivity contribution in [2.45, 2.75) is 19.9 Å². The van der Waals surface area contributed by atoms with Crippen LogP contribution in [0.25, 0.3) is 0 Å². The van der Waals surface area contributed by atoms with E-state index in [-0.39, 0.29) is 0 Å². The minimum atomic E-state index is 0.845. The molecule has 1 heterocycles. The van der Waals surface area contributed by atoms with Gasteiger partial charge >= 0.3 is 0 Å². The van der Waals surface area contributed by atoms with Gasteiger partial charge in [-0.05, 0) is 37.1 Å². The largest absolute Gasteiger partial charge is 0.497 e. The summed E-state index contributed by atoms with van der Waals surface area (Å²) in [6.07, 6.45) is 3.45. The van der Waals surface area contributed by atoms with Crippen molar-refractivity contribution in [2.75, 3.05) is 25.9 Å². The Kier molecular flexibility index (Phi) is 3.69. The van der Waals surface area contributed by atoms with E-state index in [0.717, 1.165) is 43.1 Å². The molecule has 0 atom stereocenters. The van der Waals surface area contributed by atoms with Crippen LogP contribution < -0.4 is 10.5 Å². The molecular formula is C14H20N2O. The van der Waals surface area contributed by atoms with Gasteiger partial charge in [-0.2, -0.15) is 0 Å². The van der Waals surface area contributed by atoms with E-state index >= 15 is 0 Å². The predicted octanol–water partition coefficient (Wildman–Crippen LogP) is 2.43. The number of methoxy groups -OCH3 is 1. The molecule has 1 aromatic rings. The first kappa shape index (κ1) is 12.0. The van der Waals surface area contributed by atoms with Crippen molar-refractivity contribution >= 4 is 5.69 Å². The minimum absolute atomic E-state index is 0.845. The second-order valence-electron chi connectivity index (χ2n) is 4.61. The summed E-state index contributed by atoms with van der Waals surface area (Å²) in [7, 11) is 1.68. The number of benzene rings is 1. The van der Waals surface area contributed by atoms with Gasteiger partial charge in [-0.25, -0.2) is 0 Å². The smallest absolute Gasteiger partial charge is 0.119 e. The molecule has 1 aromatic carbocycles. The number of hydrogen-bond donors (Lipinski definition) is 1. The van der Waals surface area contributed by atoms with Crippen molar-refractivity contribution in [2.24, 2.45) is 0 Å². The summed E-state index contributed by atoms with van der Waals surface area (Å²) in [5.74, 6) is 0.874. The van der Waals surface area contributed by atoms with Gasteiger partial charge in [0, 0.05) is 25.3 Å². The highest BCUT2D eigenvalue weighted by atomic mass is 16.5. The quantitative estimate of drug-likeness (QED) is 0.642. The summed E-state index contributed by atoms with van der Waals surface area (Å²) in [4.78, 5) is 2.42. The number of rotatable bonds is 3. The van der Waals surface area contributed by atoms with Crippen LogP contribution in [-0.4, -0.2) is 25.1 Å². The van der Waals surface area contributed by atoms with Crippen LogP contribution in [0.3, 0.4) is 0 Å². The monoisotopic (exact) mass is 232 g/mol. The summed E-state index contributed by atoms with van der Waals surface area (Å²) < 4.78 is 5.23. The lowest BCUT2D eigenvalue weighted by Crippen LogP contribution is -2.29. The van der Waals surface area contributed by atoms with Gasteiger partial charge in [0.1, 0.15) is 5.75 Å². The van der Waals surface area contributed by atoms with Crippen molar-refractivity contribution in [1.82, 2.24) is 4.90 Å². The molecule has 2 rings (SSSR count). The maximum atomic E-state index is 6.00. The lowest BCUT2D eigenvalue weighted by atomic mass is 10.1. The molecule has 0 saturated carbocycles. The van der Waals surface area contributed by atoms with Crippen LogP contribution in [-0.2, 0) is 6.54 Å². The average molecular weight is 232 g/mol. The summed E-state index contributed by atoms with van der Waals surface area (Å²) in [5.41, 5.74) is 9.44. The third-order valence-corrected chi connectivity index (χ3v) is 3.16. The van der Waals surface area contributed by atoms with Gasteiger partial charge in [0.25, 0.3) is 0 Å². The Balaban J connectivity index is 2.10. The Morgan fingerprint density at radius 2 is 2.24 bits per heavy atom. The van der Waals surface area contributed by atoms with Crippen LogP contribution in [0.5, 0.6) is 5.75 Å². The topological polar surface area (TPSA) is 38.5 Å². The summed E-state index contributed by atoms with van der Waals surface area (Å²) in [5, 5.41) is 0. The van der Waals surface area contributed by atoms with Crippen molar-refractivity contribution in [3.63, 3.8) is 0 Å². The zero-order valence-electron chi connectivity index (χ0n) is 10.6. The molecule has 0 fully saturated rings. The lowest BCUT2D eigenvalue weighted by molar-refractivity contribution is 0.282. The molecule has 92 valence electrons. The molecule has 0 saturated heterocycles. The zero-order valence-corrected chi connectivity index (χ0v) is 10.6. The fraction of sp³-hybridized carbons (Fsp3) is 0.429. The van der Waals surface area contributed by atoms with Crippen LogP contribution in [0, 0.1) is 0 Å². The van der Waals surface area contributed by atoms with E-state index in [0.29, 0.717) is 0 Å². The molecule has 1 aliphatic rings. The number of nitrogens with two attached hydrogens (primary N) is 1. The van der Waals surface area contributed by atoms with Gasteiger partial charge in [0.15, 0.2) is 0 Å². The SMILES string of the molecule is COc1ccc(N)c(CN2CCC=C(C)C2)c1. The van der Waals surface area contributed by atoms with Crippen LogP contribution in [0.15, 0.2) is 29.8 Å². The normalized spacial score (nSPS) is 16.7. The van der Waals surface area contributed by atoms with E-state index in [4.69, 9.17) is 10.5 Å². The first-order valence-corrected chi connectivity index (χ1v) is 5.99. The predicted molar refractivity (Wildman–Crippen MR) is 71.1 cm³/mol. The molecule has 0 radical (unpaired) electrons. The number of anilines is 1. The van der Waals surface area contributed by atoms with Crippen LogP contribution in [0.1, 0.15) is 18.9 Å². The van der Waals surface area contributed by atoms with Crippen molar-refractivity contribution in [3.8, 4) is 5.75 Å². The molecule has 0 spiro atoms. The van der Waals surface area contributed by atoms with E-state index in [1.54, 1.807) is 7.11 Å². The van der Waals surface area contributed by atoms with E-state index in [1.165, 1.54) is 5.57 Å². The number of hydrogen-bond acceptors (Lipinski definition) is 3. The third kappa shape index (κ3) is 3.01. The summed E-state index contributed by atoms with van der Waals surface area (Å²) in [6.45, 7) is 5.22. The van der Waals surface area contributed by atoms with Crippen LogP contribution >= 0.6 is 0 Å². The van der Waals surface area contributed by atoms with Gasteiger partial charge in [-0.3, -0.25) is 4.90 Å². The van der Waals surface area contributed by atoms with Gasteiger partial charge in [0.05, 0.1) is 7.11 Å². The highest BCUT2D eigenvalue weighted by molar-refractivity contribution is 5.50. The molecule has 0 bridgehead atoms. The molecule has 3 heteroatoms. The standard InChI is InChI=1S/C14H20N2O/c1-11-4-3-7-16(9-11)10-12-8-13(17-2)5-6-14(12)15/h4-6,8H,3,7,9-10,15H2,1-2H3. The zero-order chi connectivity index (χ0) is 12.3. The van der Waals surface area contributed by atoms with E-state index in [1.807, 2.05) is 18.2 Å². The van der Waals surface area contributed by atoms with E-state index < -0.39 is 0 Å². The molecule has 0 unspecified atom stereocenters. The molecule has 2 N–H and O–H groups in total. The minimum Gasteiger partial charge on any atom is -0.497 e. The number of nitrogens with zero attached hydrogens (tertiary/aromatic N) is 1. The highest BCUT2D eigenvalue weighted by Gasteiger charge is 2.12. The van der Waals surface area contributed by atoms with Crippen molar-refractivity contribution in [3.05, 3.63) is 35.4 Å². The van der Waals surface area contributed by atoms with Crippen molar-refractivity contribution < 1.29 is 4.74 Å². The Morgan fingerprint density at radius 3 is 2.94 bits per heavy atom. The molecule has 0 amide bonds.